The van der Waals surface area contributed by atoms with Crippen LogP contribution in [-0.2, 0) is 11.2 Å². The lowest BCUT2D eigenvalue weighted by atomic mass is 9.93. The second-order valence-electron chi connectivity index (χ2n) is 5.14. The number of amidine groups is 1. The molecule has 0 saturated heterocycles. The van der Waals surface area contributed by atoms with E-state index in [9.17, 15) is 14.9 Å². The Kier molecular flexibility index (Phi) is 2.29. The van der Waals surface area contributed by atoms with Gasteiger partial charge in [0.05, 0.1) is 5.10 Å². The SMILES string of the molecule is O=C1CC=c2cc3ccc4c(c3cc2C1)C([N+](=O)[O-])=NN=4. The van der Waals surface area contributed by atoms with Crippen LogP contribution in [0, 0.1) is 10.1 Å². The molecule has 2 aliphatic rings. The molecule has 2 aromatic carbocycles. The normalized spacial score (nSPS) is 15.8. The van der Waals surface area contributed by atoms with E-state index in [1.165, 1.54) is 0 Å². The van der Waals surface area contributed by atoms with Crippen LogP contribution in [-0.4, -0.2) is 16.5 Å². The molecule has 4 rings (SSSR count). The number of nitro groups is 1. The number of hydrogen-bond donors (Lipinski definition) is 0. The zero-order chi connectivity index (χ0) is 14.6. The van der Waals surface area contributed by atoms with E-state index in [1.54, 1.807) is 6.07 Å². The minimum Gasteiger partial charge on any atom is -0.358 e. The molecule has 0 unspecified atom stereocenters. The van der Waals surface area contributed by atoms with Crippen molar-refractivity contribution in [2.75, 3.05) is 0 Å². The second-order valence-corrected chi connectivity index (χ2v) is 5.14. The predicted octanol–water partition coefficient (Wildman–Crippen LogP) is 0.707. The van der Waals surface area contributed by atoms with Crippen LogP contribution >= 0.6 is 0 Å². The van der Waals surface area contributed by atoms with E-state index >= 15 is 0 Å². The molecule has 0 saturated carbocycles. The fourth-order valence-corrected chi connectivity index (χ4v) is 2.87. The number of fused-ring (bicyclic) bond motifs is 4. The summed E-state index contributed by atoms with van der Waals surface area (Å²) in [6.45, 7) is 0. The van der Waals surface area contributed by atoms with E-state index in [-0.39, 0.29) is 11.6 Å². The van der Waals surface area contributed by atoms with Crippen LogP contribution in [0.3, 0.4) is 0 Å². The average Bonchev–Trinajstić information content (AvgIpc) is 2.89. The monoisotopic (exact) mass is 279 g/mol. The number of ketones is 1. The highest BCUT2D eigenvalue weighted by molar-refractivity contribution is 6.07. The zero-order valence-corrected chi connectivity index (χ0v) is 10.9. The van der Waals surface area contributed by atoms with Gasteiger partial charge < -0.3 is 10.1 Å². The third-order valence-corrected chi connectivity index (χ3v) is 3.84. The van der Waals surface area contributed by atoms with Crippen molar-refractivity contribution in [2.24, 2.45) is 10.2 Å². The molecule has 2 aromatic rings. The molecule has 1 aliphatic heterocycles. The van der Waals surface area contributed by atoms with Crippen LogP contribution in [0.25, 0.3) is 16.8 Å². The lowest BCUT2D eigenvalue weighted by Gasteiger charge is -2.10. The van der Waals surface area contributed by atoms with E-state index < -0.39 is 4.92 Å². The number of carbonyl (C=O) groups excluding carboxylic acids is 1. The van der Waals surface area contributed by atoms with Gasteiger partial charge in [-0.3, -0.25) is 4.79 Å². The molecule has 1 heterocycles. The maximum atomic E-state index is 11.6. The smallest absolute Gasteiger partial charge is 0.358 e. The van der Waals surface area contributed by atoms with Gasteiger partial charge in [-0.15, -0.1) is 0 Å². The van der Waals surface area contributed by atoms with Crippen LogP contribution in [0.2, 0.25) is 0 Å². The van der Waals surface area contributed by atoms with Gasteiger partial charge in [-0.1, -0.05) is 12.1 Å². The van der Waals surface area contributed by atoms with Crippen LogP contribution in [0.15, 0.2) is 34.5 Å². The van der Waals surface area contributed by atoms with Crippen LogP contribution < -0.4 is 10.6 Å². The molecule has 6 nitrogen and oxygen atoms in total. The van der Waals surface area contributed by atoms with Crippen molar-refractivity contribution >= 4 is 28.5 Å². The molecule has 0 amide bonds. The van der Waals surface area contributed by atoms with Gasteiger partial charge in [-0.25, -0.2) is 0 Å². The summed E-state index contributed by atoms with van der Waals surface area (Å²) in [7, 11) is 0. The Hall–Kier alpha value is -2.89. The van der Waals surface area contributed by atoms with Gasteiger partial charge in [-0.2, -0.15) is 0 Å². The molecule has 0 atom stereocenters. The molecule has 0 N–H and O–H groups in total. The van der Waals surface area contributed by atoms with Gasteiger partial charge in [0, 0.05) is 18.2 Å². The van der Waals surface area contributed by atoms with Gasteiger partial charge in [0.15, 0.2) is 0 Å². The molecular formula is C15H9N3O3. The Morgan fingerprint density at radius 2 is 2.05 bits per heavy atom. The molecule has 0 spiro atoms. The maximum Gasteiger partial charge on any atom is 0.400 e. The first-order valence-corrected chi connectivity index (χ1v) is 6.51. The van der Waals surface area contributed by atoms with Crippen LogP contribution in [0.1, 0.15) is 17.5 Å². The third kappa shape index (κ3) is 1.69. The van der Waals surface area contributed by atoms with Gasteiger partial charge >= 0.3 is 5.84 Å². The van der Waals surface area contributed by atoms with Crippen molar-refractivity contribution in [1.29, 1.82) is 0 Å². The Balaban J connectivity index is 2.09. The summed E-state index contributed by atoms with van der Waals surface area (Å²) in [5.41, 5.74) is 1.35. The van der Waals surface area contributed by atoms with E-state index in [0.29, 0.717) is 23.8 Å². The number of Topliss-reactive ketones (excluding diaryl/α,β-unsaturated/α-hetero) is 1. The lowest BCUT2D eigenvalue weighted by molar-refractivity contribution is -0.348. The standard InChI is InChI=1S/C15H9N3O3/c19-11-3-1-8-5-9-2-4-13-14(12(9)7-10(8)6-11)15(17-16-13)18(20)21/h1-2,4-5,7H,3,6H2. The van der Waals surface area contributed by atoms with E-state index in [1.807, 2.05) is 24.3 Å². The fourth-order valence-electron chi connectivity index (χ4n) is 2.87. The topological polar surface area (TPSA) is 84.9 Å². The van der Waals surface area contributed by atoms with Gasteiger partial charge in [0.25, 0.3) is 0 Å². The molecular weight excluding hydrogens is 270 g/mol. The van der Waals surface area contributed by atoms with Crippen molar-refractivity contribution in [2.45, 2.75) is 12.8 Å². The highest BCUT2D eigenvalue weighted by Gasteiger charge is 2.27. The number of hydrogen-bond acceptors (Lipinski definition) is 5. The Bertz CT molecular complexity index is 989. The first-order chi connectivity index (χ1) is 10.1. The largest absolute Gasteiger partial charge is 0.400 e. The number of benzene rings is 2. The summed E-state index contributed by atoms with van der Waals surface area (Å²) in [6.07, 6.45) is 2.72. The van der Waals surface area contributed by atoms with E-state index in [4.69, 9.17) is 0 Å². The average molecular weight is 279 g/mol. The highest BCUT2D eigenvalue weighted by atomic mass is 16.6. The summed E-state index contributed by atoms with van der Waals surface area (Å²) in [6, 6.07) is 7.43. The van der Waals surface area contributed by atoms with Gasteiger partial charge in [0.1, 0.15) is 16.7 Å². The molecule has 102 valence electrons. The molecule has 0 radical (unpaired) electrons. The molecule has 21 heavy (non-hydrogen) atoms. The summed E-state index contributed by atoms with van der Waals surface area (Å²) in [5, 5.41) is 21.7. The predicted molar refractivity (Wildman–Crippen MR) is 76.1 cm³/mol. The van der Waals surface area contributed by atoms with E-state index in [2.05, 4.69) is 10.2 Å². The first kappa shape index (κ1) is 11.9. The van der Waals surface area contributed by atoms with Crippen LogP contribution in [0.5, 0.6) is 0 Å². The number of nitrogens with zero attached hydrogens (tertiary/aromatic N) is 3. The van der Waals surface area contributed by atoms with Crippen molar-refractivity contribution in [3.63, 3.8) is 0 Å². The summed E-state index contributed by atoms with van der Waals surface area (Å²) in [5.74, 6) is -0.0797. The van der Waals surface area contributed by atoms with Gasteiger partial charge in [0.2, 0.25) is 0 Å². The molecule has 1 aliphatic carbocycles. The fraction of sp³-hybridized carbons (Fsp3) is 0.133. The molecule has 0 aromatic heterocycles. The van der Waals surface area contributed by atoms with Gasteiger partial charge in [-0.05, 0) is 44.4 Å². The second kappa shape index (κ2) is 4.05. The van der Waals surface area contributed by atoms with Crippen LogP contribution in [0.4, 0.5) is 0 Å². The first-order valence-electron chi connectivity index (χ1n) is 6.51. The molecule has 6 heteroatoms. The minimum absolute atomic E-state index is 0.155. The quantitative estimate of drug-likeness (QED) is 0.525. The summed E-state index contributed by atoms with van der Waals surface area (Å²) in [4.78, 5) is 22.2. The van der Waals surface area contributed by atoms with Crippen molar-refractivity contribution < 1.29 is 9.72 Å². The Morgan fingerprint density at radius 3 is 2.86 bits per heavy atom. The molecule has 0 fully saturated rings. The zero-order valence-electron chi connectivity index (χ0n) is 10.9. The Labute approximate surface area is 118 Å². The minimum atomic E-state index is -0.522. The summed E-state index contributed by atoms with van der Waals surface area (Å²) >= 11 is 0. The summed E-state index contributed by atoms with van der Waals surface area (Å²) < 4.78 is 0. The highest BCUT2D eigenvalue weighted by Crippen LogP contribution is 2.20. The maximum absolute atomic E-state index is 11.6. The number of rotatable bonds is 0. The molecule has 0 bridgehead atoms. The van der Waals surface area contributed by atoms with E-state index in [0.717, 1.165) is 21.6 Å². The Morgan fingerprint density at radius 1 is 1.19 bits per heavy atom. The third-order valence-electron chi connectivity index (χ3n) is 3.84. The van der Waals surface area contributed by atoms with Crippen molar-refractivity contribution in [3.8, 4) is 0 Å². The van der Waals surface area contributed by atoms with Crippen molar-refractivity contribution in [1.82, 2.24) is 0 Å². The van der Waals surface area contributed by atoms with Crippen molar-refractivity contribution in [3.05, 3.63) is 56.1 Å². The lowest BCUT2D eigenvalue weighted by Crippen LogP contribution is -2.22. The number of carbonyl (C=O) groups is 1.